The van der Waals surface area contributed by atoms with Crippen molar-refractivity contribution in [3.63, 3.8) is 0 Å². The number of likely N-dealkylation sites (tertiary alicyclic amines) is 2. The zero-order chi connectivity index (χ0) is 19.1. The molecule has 154 valence electrons. The summed E-state index contributed by atoms with van der Waals surface area (Å²) >= 11 is 0. The van der Waals surface area contributed by atoms with E-state index in [1.165, 1.54) is 71.1 Å². The molecule has 0 bridgehead atoms. The fraction of sp³-hybridized carbons (Fsp3) is 0.750. The fourth-order valence-corrected chi connectivity index (χ4v) is 6.45. The summed E-state index contributed by atoms with van der Waals surface area (Å²) in [6, 6.07) is 7.26. The van der Waals surface area contributed by atoms with Crippen molar-refractivity contribution in [2.75, 3.05) is 44.2 Å². The Balaban J connectivity index is 1.13. The Labute approximate surface area is 169 Å². The van der Waals surface area contributed by atoms with Gasteiger partial charge < -0.3 is 4.90 Å². The summed E-state index contributed by atoms with van der Waals surface area (Å²) in [5.74, 6) is 1.74. The van der Waals surface area contributed by atoms with Gasteiger partial charge in [-0.2, -0.15) is 0 Å². The van der Waals surface area contributed by atoms with E-state index in [0.29, 0.717) is 6.04 Å². The lowest BCUT2D eigenvalue weighted by Crippen LogP contribution is -2.45. The number of nitrogens with zero attached hydrogens (tertiary/aromatic N) is 3. The summed E-state index contributed by atoms with van der Waals surface area (Å²) < 4.78 is 14.3. The average Bonchev–Trinajstić information content (AvgIpc) is 3.28. The third kappa shape index (κ3) is 3.70. The molecule has 0 radical (unpaired) electrons. The molecular weight excluding hydrogens is 349 g/mol. The van der Waals surface area contributed by atoms with Crippen molar-refractivity contribution >= 4 is 5.69 Å². The van der Waals surface area contributed by atoms with Crippen molar-refractivity contribution in [1.29, 1.82) is 0 Å². The molecule has 2 unspecified atom stereocenters. The molecule has 1 aliphatic carbocycles. The zero-order valence-corrected chi connectivity index (χ0v) is 17.5. The van der Waals surface area contributed by atoms with Gasteiger partial charge in [-0.3, -0.25) is 9.80 Å². The van der Waals surface area contributed by atoms with Crippen LogP contribution in [0.4, 0.5) is 10.1 Å². The molecule has 4 aliphatic rings. The van der Waals surface area contributed by atoms with Crippen LogP contribution in [0.5, 0.6) is 0 Å². The lowest BCUT2D eigenvalue weighted by molar-refractivity contribution is 0.145. The van der Waals surface area contributed by atoms with E-state index in [4.69, 9.17) is 0 Å². The minimum Gasteiger partial charge on any atom is -0.369 e. The number of aryl methyl sites for hydroxylation is 1. The van der Waals surface area contributed by atoms with Crippen LogP contribution in [0.3, 0.4) is 0 Å². The normalized spacial score (nSPS) is 30.9. The van der Waals surface area contributed by atoms with Gasteiger partial charge in [-0.1, -0.05) is 25.3 Å². The monoisotopic (exact) mass is 385 g/mol. The van der Waals surface area contributed by atoms with Gasteiger partial charge in [0, 0.05) is 51.4 Å². The van der Waals surface area contributed by atoms with Crippen LogP contribution in [0.2, 0.25) is 0 Å². The van der Waals surface area contributed by atoms with Gasteiger partial charge in [-0.05, 0) is 62.1 Å². The van der Waals surface area contributed by atoms with Crippen molar-refractivity contribution < 1.29 is 4.39 Å². The van der Waals surface area contributed by atoms with Crippen LogP contribution in [0.25, 0.3) is 0 Å². The summed E-state index contributed by atoms with van der Waals surface area (Å²) in [5.41, 5.74) is 1.80. The van der Waals surface area contributed by atoms with E-state index in [2.05, 4.69) is 14.7 Å². The van der Waals surface area contributed by atoms with Crippen LogP contribution in [0, 0.1) is 24.6 Å². The maximum atomic E-state index is 14.3. The first-order chi connectivity index (χ1) is 13.7. The third-order valence-corrected chi connectivity index (χ3v) is 8.06. The van der Waals surface area contributed by atoms with Crippen molar-refractivity contribution in [1.82, 2.24) is 9.80 Å². The van der Waals surface area contributed by atoms with E-state index in [9.17, 15) is 4.39 Å². The highest BCUT2D eigenvalue weighted by atomic mass is 19.1. The molecule has 5 rings (SSSR count). The Morgan fingerprint density at radius 3 is 1.93 bits per heavy atom. The van der Waals surface area contributed by atoms with Crippen molar-refractivity contribution in [3.05, 3.63) is 29.6 Å². The number of halogens is 1. The third-order valence-electron chi connectivity index (χ3n) is 8.06. The molecule has 4 fully saturated rings. The van der Waals surface area contributed by atoms with Gasteiger partial charge in [0.25, 0.3) is 0 Å². The molecule has 0 amide bonds. The van der Waals surface area contributed by atoms with Crippen molar-refractivity contribution in [3.8, 4) is 0 Å². The number of piperidine rings is 1. The van der Waals surface area contributed by atoms with Crippen molar-refractivity contribution in [2.45, 2.75) is 64.0 Å². The predicted molar refractivity (Wildman–Crippen MR) is 113 cm³/mol. The number of hydrogen-bond acceptors (Lipinski definition) is 3. The Bertz CT molecular complexity index is 664. The van der Waals surface area contributed by atoms with Crippen molar-refractivity contribution in [2.24, 2.45) is 11.8 Å². The maximum Gasteiger partial charge on any atom is 0.146 e. The molecule has 0 spiro atoms. The summed E-state index contributed by atoms with van der Waals surface area (Å²) in [7, 11) is 0. The topological polar surface area (TPSA) is 9.72 Å². The summed E-state index contributed by atoms with van der Waals surface area (Å²) in [4.78, 5) is 7.89. The Hall–Kier alpha value is -1.13. The Kier molecular flexibility index (Phi) is 5.36. The molecule has 2 atom stereocenters. The smallest absolute Gasteiger partial charge is 0.146 e. The number of hydrogen-bond donors (Lipinski definition) is 0. The van der Waals surface area contributed by atoms with Gasteiger partial charge in [-0.25, -0.2) is 4.39 Å². The Morgan fingerprint density at radius 1 is 0.786 bits per heavy atom. The molecule has 3 saturated heterocycles. The molecular formula is C24H36FN3. The van der Waals surface area contributed by atoms with Crippen LogP contribution >= 0.6 is 0 Å². The van der Waals surface area contributed by atoms with Gasteiger partial charge in [0.05, 0.1) is 5.69 Å². The number of rotatable bonds is 3. The molecule has 1 aromatic rings. The molecule has 1 saturated carbocycles. The quantitative estimate of drug-likeness (QED) is 0.768. The summed E-state index contributed by atoms with van der Waals surface area (Å²) in [5, 5.41) is 0. The predicted octanol–water partition coefficient (Wildman–Crippen LogP) is 4.30. The molecule has 0 N–H and O–H groups in total. The van der Waals surface area contributed by atoms with Crippen LogP contribution in [-0.4, -0.2) is 61.2 Å². The number of anilines is 1. The van der Waals surface area contributed by atoms with E-state index in [1.807, 2.05) is 19.1 Å². The molecule has 3 nitrogen and oxygen atoms in total. The van der Waals surface area contributed by atoms with Gasteiger partial charge in [0.1, 0.15) is 5.82 Å². The second-order valence-electron chi connectivity index (χ2n) is 9.89. The second-order valence-corrected chi connectivity index (χ2v) is 9.89. The lowest BCUT2D eigenvalue weighted by Gasteiger charge is -2.39. The SMILES string of the molecule is Cc1ccc(N2CCC(N3CC4CN(C5CCCCC5)CC4C3)CC2)c(F)c1. The highest BCUT2D eigenvalue weighted by Gasteiger charge is 2.44. The molecule has 1 aromatic carbocycles. The molecule has 28 heavy (non-hydrogen) atoms. The zero-order valence-electron chi connectivity index (χ0n) is 17.5. The highest BCUT2D eigenvalue weighted by Crippen LogP contribution is 2.37. The summed E-state index contributed by atoms with van der Waals surface area (Å²) in [6.07, 6.45) is 9.59. The van der Waals surface area contributed by atoms with Crippen LogP contribution in [-0.2, 0) is 0 Å². The average molecular weight is 386 g/mol. The Morgan fingerprint density at radius 2 is 1.36 bits per heavy atom. The van der Waals surface area contributed by atoms with E-state index in [1.54, 1.807) is 6.07 Å². The minimum absolute atomic E-state index is 0.0584. The molecule has 4 heteroatoms. The largest absolute Gasteiger partial charge is 0.369 e. The first-order valence-electron chi connectivity index (χ1n) is 11.7. The maximum absolute atomic E-state index is 14.3. The van der Waals surface area contributed by atoms with Gasteiger partial charge in [0.15, 0.2) is 0 Å². The van der Waals surface area contributed by atoms with Crippen LogP contribution < -0.4 is 4.90 Å². The van der Waals surface area contributed by atoms with Gasteiger partial charge >= 0.3 is 0 Å². The lowest BCUT2D eigenvalue weighted by atomic mass is 9.94. The van der Waals surface area contributed by atoms with E-state index in [0.717, 1.165) is 42.2 Å². The number of fused-ring (bicyclic) bond motifs is 1. The standard InChI is InChI=1S/C24H36FN3/c1-18-7-8-24(23(25)13-18)26-11-9-22(10-12-26)28-16-19-14-27(15-20(19)17-28)21-5-3-2-4-6-21/h7-8,13,19-22H,2-6,9-12,14-17H2,1H3. The van der Waals surface area contributed by atoms with Gasteiger partial charge in [0.2, 0.25) is 0 Å². The second kappa shape index (κ2) is 7.95. The molecule has 0 aromatic heterocycles. The van der Waals surface area contributed by atoms with E-state index in [-0.39, 0.29) is 5.82 Å². The van der Waals surface area contributed by atoms with E-state index >= 15 is 0 Å². The summed E-state index contributed by atoms with van der Waals surface area (Å²) in [6.45, 7) is 9.24. The van der Waals surface area contributed by atoms with Crippen LogP contribution in [0.1, 0.15) is 50.5 Å². The first kappa shape index (κ1) is 18.9. The highest BCUT2D eigenvalue weighted by molar-refractivity contribution is 5.49. The van der Waals surface area contributed by atoms with Gasteiger partial charge in [-0.15, -0.1) is 0 Å². The molecule has 3 heterocycles. The number of benzene rings is 1. The molecule has 3 aliphatic heterocycles. The fourth-order valence-electron chi connectivity index (χ4n) is 6.45. The first-order valence-corrected chi connectivity index (χ1v) is 11.7. The van der Waals surface area contributed by atoms with Crippen LogP contribution in [0.15, 0.2) is 18.2 Å². The van der Waals surface area contributed by atoms with E-state index < -0.39 is 0 Å². The minimum atomic E-state index is -0.0584.